The number of aromatic nitrogens is 3. The van der Waals surface area contributed by atoms with Gasteiger partial charge in [-0.1, -0.05) is 16.8 Å². The zero-order chi connectivity index (χ0) is 18.9. The molecule has 0 bridgehead atoms. The zero-order valence-electron chi connectivity index (χ0n) is 14.3. The zero-order valence-corrected chi connectivity index (χ0v) is 15.9. The smallest absolute Gasteiger partial charge is 0.227 e. The van der Waals surface area contributed by atoms with Crippen molar-refractivity contribution < 1.29 is 17.9 Å². The summed E-state index contributed by atoms with van der Waals surface area (Å²) in [6.07, 6.45) is 0. The number of hydrogen-bond acceptors (Lipinski definition) is 6. The Hall–Kier alpha value is -2.58. The Labute approximate surface area is 156 Å². The maximum atomic E-state index is 12.9. The number of ether oxygens (including phenoxy) is 2. The van der Waals surface area contributed by atoms with Gasteiger partial charge in [-0.3, -0.25) is 0 Å². The van der Waals surface area contributed by atoms with Crippen molar-refractivity contribution in [3.8, 4) is 17.2 Å². The van der Waals surface area contributed by atoms with Crippen molar-refractivity contribution in [1.29, 1.82) is 0 Å². The Morgan fingerprint density at radius 2 is 1.73 bits per heavy atom. The van der Waals surface area contributed by atoms with Crippen LogP contribution >= 0.6 is 11.6 Å². The minimum Gasteiger partial charge on any atom is -0.497 e. The molecule has 0 aliphatic carbocycles. The van der Waals surface area contributed by atoms with Crippen LogP contribution in [0.15, 0.2) is 52.4 Å². The number of methoxy groups -OCH3 is 2. The molecule has 9 heteroatoms. The number of halogens is 1. The summed E-state index contributed by atoms with van der Waals surface area (Å²) in [4.78, 5) is 0.0923. The van der Waals surface area contributed by atoms with E-state index >= 15 is 0 Å². The van der Waals surface area contributed by atoms with Crippen LogP contribution in [0.4, 0.5) is 0 Å². The molecule has 1 heterocycles. The highest BCUT2D eigenvalue weighted by Crippen LogP contribution is 2.30. The minimum atomic E-state index is -3.83. The number of benzene rings is 2. The summed E-state index contributed by atoms with van der Waals surface area (Å²) in [5.74, 6) is 1.09. The number of sulfone groups is 1. The minimum absolute atomic E-state index is 0.0923. The molecular weight excluding hydrogens is 378 g/mol. The fourth-order valence-corrected chi connectivity index (χ4v) is 3.94. The van der Waals surface area contributed by atoms with Gasteiger partial charge in [-0.25, -0.2) is 13.1 Å². The summed E-state index contributed by atoms with van der Waals surface area (Å²) in [5, 5.41) is 8.21. The van der Waals surface area contributed by atoms with E-state index in [4.69, 9.17) is 21.1 Å². The van der Waals surface area contributed by atoms with Gasteiger partial charge in [0.1, 0.15) is 17.2 Å². The average Bonchev–Trinajstić information content (AvgIpc) is 3.03. The summed E-state index contributed by atoms with van der Waals surface area (Å²) in [6, 6.07) is 11.0. The van der Waals surface area contributed by atoms with Crippen molar-refractivity contribution >= 4 is 21.4 Å². The third-order valence-corrected chi connectivity index (χ3v) is 5.88. The summed E-state index contributed by atoms with van der Waals surface area (Å²) in [6.45, 7) is 1.63. The van der Waals surface area contributed by atoms with E-state index in [0.717, 1.165) is 0 Å². The number of nitrogens with zero attached hydrogens (tertiary/aromatic N) is 3. The second-order valence-electron chi connectivity index (χ2n) is 5.39. The van der Waals surface area contributed by atoms with E-state index in [-0.39, 0.29) is 9.92 Å². The molecule has 0 aliphatic heterocycles. The van der Waals surface area contributed by atoms with E-state index < -0.39 is 9.84 Å². The van der Waals surface area contributed by atoms with Gasteiger partial charge >= 0.3 is 0 Å². The lowest BCUT2D eigenvalue weighted by atomic mass is 10.2. The Balaban J connectivity index is 2.13. The highest BCUT2D eigenvalue weighted by molar-refractivity contribution is 7.91. The van der Waals surface area contributed by atoms with Crippen molar-refractivity contribution in [2.45, 2.75) is 16.8 Å². The first-order valence-corrected chi connectivity index (χ1v) is 9.40. The summed E-state index contributed by atoms with van der Waals surface area (Å²) in [5.41, 5.74) is 0.876. The molecule has 0 unspecified atom stereocenters. The van der Waals surface area contributed by atoms with Crippen LogP contribution in [0.1, 0.15) is 5.69 Å². The van der Waals surface area contributed by atoms with Gasteiger partial charge in [0.2, 0.25) is 14.9 Å². The molecule has 0 fully saturated rings. The SMILES string of the molecule is COc1ccc(OC)c(-n2nnc(S(=O)(=O)c3ccc(Cl)cc3)c2C)c1. The van der Waals surface area contributed by atoms with E-state index in [1.165, 1.54) is 43.2 Å². The summed E-state index contributed by atoms with van der Waals surface area (Å²) < 4.78 is 37.7. The molecule has 3 rings (SSSR count). The average molecular weight is 394 g/mol. The standard InChI is InChI=1S/C17H16ClN3O4S/c1-11-17(26(22,23)14-7-4-12(18)5-8-14)19-20-21(11)15-10-13(24-2)6-9-16(15)25-3/h4-10H,1-3H3. The first kappa shape index (κ1) is 18.2. The van der Waals surface area contributed by atoms with Gasteiger partial charge in [0.15, 0.2) is 0 Å². The first-order chi connectivity index (χ1) is 12.4. The predicted octanol–water partition coefficient (Wildman–Crippen LogP) is 3.08. The van der Waals surface area contributed by atoms with Crippen molar-refractivity contribution in [3.05, 3.63) is 53.2 Å². The fourth-order valence-electron chi connectivity index (χ4n) is 2.48. The van der Waals surface area contributed by atoms with E-state index in [0.29, 0.717) is 27.9 Å². The Bertz CT molecular complexity index is 1050. The molecule has 7 nitrogen and oxygen atoms in total. The molecule has 0 amide bonds. The van der Waals surface area contributed by atoms with Crippen LogP contribution in [-0.4, -0.2) is 37.6 Å². The lowest BCUT2D eigenvalue weighted by Crippen LogP contribution is -2.06. The van der Waals surface area contributed by atoms with Gasteiger partial charge in [-0.05, 0) is 43.3 Å². The first-order valence-electron chi connectivity index (χ1n) is 7.54. The van der Waals surface area contributed by atoms with E-state index in [2.05, 4.69) is 10.3 Å². The third-order valence-electron chi connectivity index (χ3n) is 3.84. The molecule has 136 valence electrons. The Morgan fingerprint density at radius 1 is 1.04 bits per heavy atom. The second-order valence-corrected chi connectivity index (χ2v) is 7.69. The van der Waals surface area contributed by atoms with Crippen molar-refractivity contribution in [2.75, 3.05) is 14.2 Å². The van der Waals surface area contributed by atoms with Crippen LogP contribution < -0.4 is 9.47 Å². The molecule has 0 saturated heterocycles. The van der Waals surface area contributed by atoms with Crippen molar-refractivity contribution in [3.63, 3.8) is 0 Å². The fraction of sp³-hybridized carbons (Fsp3) is 0.176. The van der Waals surface area contributed by atoms with E-state index in [1.807, 2.05) is 0 Å². The lowest BCUT2D eigenvalue weighted by molar-refractivity contribution is 0.400. The highest BCUT2D eigenvalue weighted by Gasteiger charge is 2.26. The van der Waals surface area contributed by atoms with Crippen molar-refractivity contribution in [1.82, 2.24) is 15.0 Å². The van der Waals surface area contributed by atoms with Crippen LogP contribution in [0, 0.1) is 6.92 Å². The largest absolute Gasteiger partial charge is 0.497 e. The maximum Gasteiger partial charge on any atom is 0.227 e. The monoisotopic (exact) mass is 393 g/mol. The van der Waals surface area contributed by atoms with Gasteiger partial charge in [-0.2, -0.15) is 0 Å². The molecule has 2 aromatic carbocycles. The van der Waals surface area contributed by atoms with Crippen LogP contribution in [-0.2, 0) is 9.84 Å². The van der Waals surface area contributed by atoms with Gasteiger partial charge in [0.05, 0.1) is 24.8 Å². The normalized spacial score (nSPS) is 11.4. The Kier molecular flexibility index (Phi) is 4.88. The van der Waals surface area contributed by atoms with E-state index in [9.17, 15) is 8.42 Å². The molecule has 0 atom stereocenters. The number of rotatable bonds is 5. The molecule has 0 N–H and O–H groups in total. The van der Waals surface area contributed by atoms with E-state index in [1.54, 1.807) is 25.1 Å². The molecule has 0 saturated carbocycles. The molecular formula is C17H16ClN3O4S. The van der Waals surface area contributed by atoms with Gasteiger partial charge in [-0.15, -0.1) is 5.10 Å². The maximum absolute atomic E-state index is 12.9. The molecule has 1 aromatic heterocycles. The topological polar surface area (TPSA) is 83.3 Å². The molecule has 26 heavy (non-hydrogen) atoms. The summed E-state index contributed by atoms with van der Waals surface area (Å²) in [7, 11) is -0.779. The lowest BCUT2D eigenvalue weighted by Gasteiger charge is -2.11. The van der Waals surface area contributed by atoms with Gasteiger partial charge < -0.3 is 9.47 Å². The molecule has 3 aromatic rings. The molecule has 0 spiro atoms. The number of hydrogen-bond donors (Lipinski definition) is 0. The van der Waals surface area contributed by atoms with Gasteiger partial charge in [0.25, 0.3) is 0 Å². The molecule has 0 radical (unpaired) electrons. The second kappa shape index (κ2) is 6.97. The highest BCUT2D eigenvalue weighted by atomic mass is 35.5. The predicted molar refractivity (Wildman–Crippen MR) is 96.1 cm³/mol. The van der Waals surface area contributed by atoms with Crippen LogP contribution in [0.5, 0.6) is 11.5 Å². The van der Waals surface area contributed by atoms with Crippen LogP contribution in [0.25, 0.3) is 5.69 Å². The third kappa shape index (κ3) is 3.13. The van der Waals surface area contributed by atoms with Crippen LogP contribution in [0.3, 0.4) is 0 Å². The van der Waals surface area contributed by atoms with Crippen molar-refractivity contribution in [2.24, 2.45) is 0 Å². The quantitative estimate of drug-likeness (QED) is 0.662. The summed E-state index contributed by atoms with van der Waals surface area (Å²) >= 11 is 5.83. The van der Waals surface area contributed by atoms with Crippen LogP contribution in [0.2, 0.25) is 5.02 Å². The molecule has 0 aliphatic rings. The Morgan fingerprint density at radius 3 is 2.35 bits per heavy atom. The van der Waals surface area contributed by atoms with Gasteiger partial charge in [0, 0.05) is 11.1 Å².